The smallest absolute Gasteiger partial charge is 0.118 e. The Morgan fingerprint density at radius 2 is 0.721 bits per heavy atom. The molecule has 0 saturated carbocycles. The Bertz CT molecular complexity index is 1250. The van der Waals surface area contributed by atoms with E-state index in [1.807, 2.05) is 37.5 Å². The molecule has 21 heteroatoms. The summed E-state index contributed by atoms with van der Waals surface area (Å²) in [5.74, 6) is 0.667. The van der Waals surface area contributed by atoms with Crippen LogP contribution in [0.1, 0.15) is 104 Å². The summed E-state index contributed by atoms with van der Waals surface area (Å²) in [6.07, 6.45) is -0.769. The van der Waals surface area contributed by atoms with Crippen LogP contribution in [-0.4, -0.2) is 244 Å². The average molecular weight is 1010 g/mol. The van der Waals surface area contributed by atoms with Crippen molar-refractivity contribution in [1.82, 2.24) is 9.80 Å². The number of nitrogens with zero attached hydrogens (tertiary/aromatic N) is 2. The Hall–Kier alpha value is -0.510. The van der Waals surface area contributed by atoms with Crippen molar-refractivity contribution in [1.29, 1.82) is 0 Å². The fourth-order valence-corrected chi connectivity index (χ4v) is 6.66. The van der Waals surface area contributed by atoms with Crippen LogP contribution in [0.5, 0.6) is 0 Å². The Labute approximate surface area is 414 Å². The van der Waals surface area contributed by atoms with Gasteiger partial charge in [-0.1, -0.05) is 0 Å². The van der Waals surface area contributed by atoms with Gasteiger partial charge in [0.15, 0.2) is 0 Å². The van der Waals surface area contributed by atoms with Crippen LogP contribution < -0.4 is 22.9 Å². The number of hydrogen-bond donors (Lipinski definition) is 11. The number of aliphatic hydroxyl groups excluding tert-OH is 2. The van der Waals surface area contributed by atoms with E-state index in [9.17, 15) is 35.7 Å². The summed E-state index contributed by atoms with van der Waals surface area (Å²) in [7, 11) is 0. The van der Waals surface area contributed by atoms with E-state index in [1.54, 1.807) is 41.5 Å². The quantitative estimate of drug-likeness (QED) is 0.0309. The molecule has 3 aliphatic rings. The standard InChI is InChI=1S/C22H52N6O5.C14H26O5.C8H18O3.C3H5ClO/c1-20(2,32-16-18(29)14-27(10-6-23)11-7-24)22(5,31)21(3,4)33-17-19(30)15-28(12-8-25)13-9-26;1-12(2,18-8-10-6-16-10)14(5,15)13(3,4)19-9-11-7-17-11;1-6(2,9)8(5,11)7(3,4)10;4-1-3-2-5-3/h18-19,29-31H,6-17,23-26H2,1-5H3;10-11,15H,6-9H2,1-5H3;9-11H,1-5H3;3H,1-2H2. The van der Waals surface area contributed by atoms with Gasteiger partial charge in [-0.05, 0) is 104 Å². The van der Waals surface area contributed by atoms with Crippen LogP contribution in [0.15, 0.2) is 0 Å². The second kappa shape index (κ2) is 28.8. The maximum Gasteiger partial charge on any atom is 0.118 e. The summed E-state index contributed by atoms with van der Waals surface area (Å²) in [5, 5.41) is 71.8. The van der Waals surface area contributed by atoms with Crippen LogP contribution >= 0.6 is 11.6 Å². The molecule has 68 heavy (non-hydrogen) atoms. The SMILES string of the molecule is CC(C)(O)C(C)(O)C(C)(C)O.CC(C)(OCC(O)CN(CCN)CCN)C(C)(O)C(C)(C)OCC(O)CN(CCN)CCN.CC(C)(OCC1CO1)C(C)(O)C(C)(C)OCC1CO1.ClCC1CO1. The van der Waals surface area contributed by atoms with E-state index in [0.29, 0.717) is 90.6 Å². The predicted molar refractivity (Wildman–Crippen MR) is 266 cm³/mol. The van der Waals surface area contributed by atoms with Gasteiger partial charge < -0.3 is 91.8 Å². The summed E-state index contributed by atoms with van der Waals surface area (Å²) in [6.45, 7) is 33.8. The normalized spacial score (nSPS) is 21.6. The van der Waals surface area contributed by atoms with Crippen LogP contribution in [-0.2, 0) is 33.2 Å². The van der Waals surface area contributed by atoms with E-state index in [1.165, 1.54) is 34.6 Å². The number of rotatable bonds is 31. The summed E-state index contributed by atoms with van der Waals surface area (Å²) in [5.41, 5.74) is 12.2. The Kier molecular flexibility index (Phi) is 28.6. The highest BCUT2D eigenvalue weighted by atomic mass is 35.5. The lowest BCUT2D eigenvalue weighted by molar-refractivity contribution is -0.255. The van der Waals surface area contributed by atoms with E-state index in [4.69, 9.17) is 67.7 Å². The molecule has 0 aromatic rings. The summed E-state index contributed by atoms with van der Waals surface area (Å²) < 4.78 is 38.6. The minimum Gasteiger partial charge on any atom is -0.389 e. The van der Waals surface area contributed by atoms with Gasteiger partial charge in [-0.25, -0.2) is 0 Å². The van der Waals surface area contributed by atoms with E-state index >= 15 is 0 Å². The number of epoxide rings is 3. The van der Waals surface area contributed by atoms with Crippen molar-refractivity contribution in [3.63, 3.8) is 0 Å². The van der Waals surface area contributed by atoms with Gasteiger partial charge in [-0.2, -0.15) is 0 Å². The van der Waals surface area contributed by atoms with Crippen molar-refractivity contribution in [2.75, 3.05) is 118 Å². The number of aliphatic hydroxyl groups is 7. The van der Waals surface area contributed by atoms with Gasteiger partial charge in [0, 0.05) is 65.4 Å². The van der Waals surface area contributed by atoms with Crippen LogP contribution in [0.25, 0.3) is 0 Å². The van der Waals surface area contributed by atoms with Gasteiger partial charge in [0.1, 0.15) is 29.0 Å². The van der Waals surface area contributed by atoms with Gasteiger partial charge in [-0.15, -0.1) is 11.6 Å². The molecule has 0 aromatic heterocycles. The van der Waals surface area contributed by atoms with Gasteiger partial charge >= 0.3 is 0 Å². The lowest BCUT2D eigenvalue weighted by atomic mass is 9.75. The molecule has 5 atom stereocenters. The van der Waals surface area contributed by atoms with Crippen molar-refractivity contribution in [3.05, 3.63) is 0 Å². The zero-order chi connectivity index (χ0) is 53.2. The summed E-state index contributed by atoms with van der Waals surface area (Å²) in [6, 6.07) is 0. The molecule has 0 amide bonds. The number of ether oxygens (including phenoxy) is 7. The molecule has 0 aromatic carbocycles. The number of nitrogens with two attached hydrogens (primary N) is 4. The van der Waals surface area contributed by atoms with Crippen LogP contribution in [0.2, 0.25) is 0 Å². The van der Waals surface area contributed by atoms with Gasteiger partial charge in [-0.3, -0.25) is 9.80 Å². The van der Waals surface area contributed by atoms with Crippen LogP contribution in [0, 0.1) is 0 Å². The number of halogens is 1. The van der Waals surface area contributed by atoms with Crippen molar-refractivity contribution < 1.29 is 68.9 Å². The fraction of sp³-hybridized carbons (Fsp3) is 1.00. The van der Waals surface area contributed by atoms with E-state index in [2.05, 4.69) is 0 Å². The summed E-state index contributed by atoms with van der Waals surface area (Å²) in [4.78, 5) is 3.96. The topological polar surface area (TPSA) is 327 Å². The predicted octanol–water partition coefficient (Wildman–Crippen LogP) is -0.483. The Morgan fingerprint density at radius 3 is 0.897 bits per heavy atom. The number of hydrogen-bond acceptors (Lipinski definition) is 20. The molecule has 3 heterocycles. The molecule has 5 unspecified atom stereocenters. The van der Waals surface area contributed by atoms with Gasteiger partial charge in [0.2, 0.25) is 0 Å². The third-order valence-electron chi connectivity index (χ3n) is 13.7. The van der Waals surface area contributed by atoms with Crippen molar-refractivity contribution in [2.24, 2.45) is 22.9 Å². The molecule has 15 N–H and O–H groups in total. The maximum atomic E-state index is 11.4. The zero-order valence-electron chi connectivity index (χ0n) is 44.7. The molecule has 3 rings (SSSR count). The highest BCUT2D eigenvalue weighted by Gasteiger charge is 2.54. The van der Waals surface area contributed by atoms with E-state index in [0.717, 1.165) is 19.8 Å². The molecule has 0 radical (unpaired) electrons. The van der Waals surface area contributed by atoms with Gasteiger partial charge in [0.05, 0.1) is 104 Å². The highest BCUT2D eigenvalue weighted by molar-refractivity contribution is 6.18. The molecule has 3 saturated heterocycles. The fourth-order valence-electron chi connectivity index (χ4n) is 6.48. The van der Waals surface area contributed by atoms with Crippen molar-refractivity contribution in [3.8, 4) is 0 Å². The Morgan fingerprint density at radius 1 is 0.471 bits per heavy atom. The second-order valence-corrected chi connectivity index (χ2v) is 22.0. The second-order valence-electron chi connectivity index (χ2n) is 21.7. The molecule has 0 aliphatic carbocycles. The first-order valence-corrected chi connectivity index (χ1v) is 24.6. The number of alkyl halides is 1. The van der Waals surface area contributed by atoms with Crippen LogP contribution in [0.3, 0.4) is 0 Å². The molecule has 3 aliphatic heterocycles. The average Bonchev–Trinajstić information content (AvgIpc) is 4.06. The Balaban J connectivity index is 0.00000106. The monoisotopic (exact) mass is 1010 g/mol. The lowest BCUT2D eigenvalue weighted by Gasteiger charge is -2.49. The van der Waals surface area contributed by atoms with Crippen LogP contribution in [0.4, 0.5) is 0 Å². The molecular formula is C47H101ClN6O14. The first kappa shape index (κ1) is 67.5. The lowest BCUT2D eigenvalue weighted by Crippen LogP contribution is -2.64. The molecule has 3 fully saturated rings. The maximum absolute atomic E-state index is 11.4. The first-order valence-electron chi connectivity index (χ1n) is 24.1. The highest BCUT2D eigenvalue weighted by Crippen LogP contribution is 2.40. The minimum atomic E-state index is -1.51. The van der Waals surface area contributed by atoms with Gasteiger partial charge in [0.25, 0.3) is 0 Å². The van der Waals surface area contributed by atoms with E-state index in [-0.39, 0.29) is 25.4 Å². The molecule has 0 bridgehead atoms. The third kappa shape index (κ3) is 23.1. The zero-order valence-corrected chi connectivity index (χ0v) is 45.4. The first-order chi connectivity index (χ1) is 30.9. The molecule has 410 valence electrons. The molecular weight excluding hydrogens is 908 g/mol. The minimum absolute atomic E-state index is 0.0284. The van der Waals surface area contributed by atoms with E-state index < -0.39 is 62.6 Å². The van der Waals surface area contributed by atoms with Crippen molar-refractivity contribution >= 4 is 11.6 Å². The third-order valence-corrected chi connectivity index (χ3v) is 14.0. The summed E-state index contributed by atoms with van der Waals surface area (Å²) >= 11 is 5.27. The van der Waals surface area contributed by atoms with Crippen molar-refractivity contribution in [2.45, 2.75) is 185 Å². The molecule has 20 nitrogen and oxygen atoms in total. The largest absolute Gasteiger partial charge is 0.389 e. The molecule has 0 spiro atoms.